The second kappa shape index (κ2) is 4.62. The summed E-state index contributed by atoms with van der Waals surface area (Å²) in [4.78, 5) is 2.14. The Morgan fingerprint density at radius 1 is 1.06 bits per heavy atom. The summed E-state index contributed by atoms with van der Waals surface area (Å²) in [5, 5.41) is 0. The number of nitrogens with zero attached hydrogens (tertiary/aromatic N) is 4. The molecule has 2 aromatic rings. The molecule has 0 aliphatic heterocycles. The average molecular weight is 333 g/mol. The van der Waals surface area contributed by atoms with Crippen molar-refractivity contribution in [3.63, 3.8) is 0 Å². The number of aromatic nitrogens is 2. The topological polar surface area (TPSA) is 66.4 Å². The number of hydrogen-bond donors (Lipinski definition) is 0. The molecule has 1 heterocycles. The molecule has 2 rings (SSSR count). The van der Waals surface area contributed by atoms with Gasteiger partial charge in [0.05, 0.1) is 0 Å². The van der Waals surface area contributed by atoms with E-state index in [-0.39, 0.29) is 19.9 Å². The Kier molecular flexibility index (Phi) is 3.46. The first kappa shape index (κ1) is 13.5. The third kappa shape index (κ3) is 2.05. The van der Waals surface area contributed by atoms with Crippen molar-refractivity contribution in [3.05, 3.63) is 12.1 Å². The second-order valence-corrected chi connectivity index (χ2v) is 7.46. The van der Waals surface area contributed by atoms with Crippen LogP contribution in [0.1, 0.15) is 0 Å². The molecule has 0 saturated heterocycles. The van der Waals surface area contributed by atoms with E-state index in [0.717, 1.165) is 5.69 Å². The first-order chi connectivity index (χ1) is 8.35. The van der Waals surface area contributed by atoms with Crippen LogP contribution in [0.4, 0.5) is 5.69 Å². The molecule has 0 saturated carbocycles. The molecule has 0 radical (unpaired) electrons. The van der Waals surface area contributed by atoms with E-state index < -0.39 is 10.0 Å². The zero-order valence-corrected chi connectivity index (χ0v) is 13.1. The van der Waals surface area contributed by atoms with Gasteiger partial charge in [0, 0.05) is 0 Å². The molecular formula is C10H14N4O2SSe. The number of sulfonamides is 1. The van der Waals surface area contributed by atoms with Crippen LogP contribution in [-0.4, -0.2) is 63.8 Å². The van der Waals surface area contributed by atoms with Crippen LogP contribution in [0.15, 0.2) is 17.0 Å². The number of hydrogen-bond acceptors (Lipinski definition) is 5. The third-order valence-corrected chi connectivity index (χ3v) is 5.55. The van der Waals surface area contributed by atoms with Crippen molar-refractivity contribution >= 4 is 41.7 Å². The number of benzene rings is 1. The summed E-state index contributed by atoms with van der Waals surface area (Å²) in [5.74, 6) is 0. The summed E-state index contributed by atoms with van der Waals surface area (Å²) in [5.41, 5.74) is 2.07. The van der Waals surface area contributed by atoms with Gasteiger partial charge in [-0.1, -0.05) is 0 Å². The number of anilines is 1. The quantitative estimate of drug-likeness (QED) is 0.740. The molecule has 98 valence electrons. The minimum absolute atomic E-state index is 0.233. The predicted molar refractivity (Wildman–Crippen MR) is 71.7 cm³/mol. The van der Waals surface area contributed by atoms with Crippen molar-refractivity contribution in [1.82, 2.24) is 12.3 Å². The van der Waals surface area contributed by atoms with Crippen LogP contribution in [0.5, 0.6) is 0 Å². The Labute approximate surface area is 112 Å². The molecule has 1 aromatic heterocycles. The van der Waals surface area contributed by atoms with Gasteiger partial charge in [0.2, 0.25) is 0 Å². The van der Waals surface area contributed by atoms with E-state index in [0.29, 0.717) is 11.0 Å². The van der Waals surface area contributed by atoms with Gasteiger partial charge in [-0.15, -0.1) is 0 Å². The van der Waals surface area contributed by atoms with Crippen molar-refractivity contribution < 1.29 is 8.42 Å². The van der Waals surface area contributed by atoms with Crippen LogP contribution in [0.3, 0.4) is 0 Å². The average Bonchev–Trinajstić information content (AvgIpc) is 2.75. The first-order valence-electron chi connectivity index (χ1n) is 5.21. The van der Waals surface area contributed by atoms with Gasteiger partial charge >= 0.3 is 113 Å². The summed E-state index contributed by atoms with van der Waals surface area (Å²) in [7, 11) is 3.35. The summed E-state index contributed by atoms with van der Waals surface area (Å²) in [6.45, 7) is 0. The Balaban J connectivity index is 2.77. The van der Waals surface area contributed by atoms with E-state index in [1.165, 1.54) is 18.4 Å². The maximum absolute atomic E-state index is 12.2. The van der Waals surface area contributed by atoms with E-state index in [4.69, 9.17) is 0 Å². The van der Waals surface area contributed by atoms with E-state index in [9.17, 15) is 8.42 Å². The van der Waals surface area contributed by atoms with Crippen LogP contribution >= 0.6 is 0 Å². The predicted octanol–water partition coefficient (Wildman–Crippen LogP) is 0.00310. The van der Waals surface area contributed by atoms with Gasteiger partial charge in [0.25, 0.3) is 0 Å². The Bertz CT molecular complexity index is 678. The minimum atomic E-state index is -3.47. The summed E-state index contributed by atoms with van der Waals surface area (Å²) in [6, 6.07) is 3.37. The molecule has 6 nitrogen and oxygen atoms in total. The molecule has 0 fully saturated rings. The van der Waals surface area contributed by atoms with Gasteiger partial charge in [-0.25, -0.2) is 0 Å². The van der Waals surface area contributed by atoms with Crippen molar-refractivity contribution in [2.24, 2.45) is 0 Å². The molecule has 1 aromatic carbocycles. The standard InChI is InChI=1S/C10H14N4O2SSe/c1-13(2)7-5-6-8(17(15,16)14(3)4)10-9(7)11-18-12-10/h5-6H,1-4H3. The molecule has 0 aliphatic rings. The second-order valence-electron chi connectivity index (χ2n) is 4.23. The summed E-state index contributed by atoms with van der Waals surface area (Å²) >= 11 is -0.259. The normalized spacial score (nSPS) is 12.3. The van der Waals surface area contributed by atoms with Crippen LogP contribution in [0.2, 0.25) is 0 Å². The zero-order valence-electron chi connectivity index (χ0n) is 10.6. The van der Waals surface area contributed by atoms with Gasteiger partial charge in [-0.3, -0.25) is 0 Å². The number of fused-ring (bicyclic) bond motifs is 1. The maximum atomic E-state index is 12.2. The van der Waals surface area contributed by atoms with E-state index in [2.05, 4.69) is 7.96 Å². The van der Waals surface area contributed by atoms with E-state index in [1.54, 1.807) is 12.1 Å². The fraction of sp³-hybridized carbons (Fsp3) is 0.400. The SMILES string of the molecule is CN(C)c1ccc(S(=O)(=O)N(C)C)c2n[se]nc12. The molecular weight excluding hydrogens is 319 g/mol. The van der Waals surface area contributed by atoms with Crippen LogP contribution in [0, 0.1) is 0 Å². The molecule has 0 unspecified atom stereocenters. The molecule has 18 heavy (non-hydrogen) atoms. The van der Waals surface area contributed by atoms with Crippen LogP contribution in [-0.2, 0) is 10.0 Å². The first-order valence-corrected chi connectivity index (χ1v) is 8.18. The van der Waals surface area contributed by atoms with Crippen molar-refractivity contribution in [2.45, 2.75) is 4.90 Å². The van der Waals surface area contributed by atoms with Gasteiger partial charge < -0.3 is 0 Å². The molecule has 8 heteroatoms. The van der Waals surface area contributed by atoms with E-state index in [1.807, 2.05) is 19.0 Å². The monoisotopic (exact) mass is 334 g/mol. The Morgan fingerprint density at radius 3 is 2.22 bits per heavy atom. The summed E-state index contributed by atoms with van der Waals surface area (Å²) in [6.07, 6.45) is 0. The molecule has 0 aliphatic carbocycles. The van der Waals surface area contributed by atoms with Crippen molar-refractivity contribution in [3.8, 4) is 0 Å². The van der Waals surface area contributed by atoms with Crippen molar-refractivity contribution in [1.29, 1.82) is 0 Å². The molecule has 0 N–H and O–H groups in total. The van der Waals surface area contributed by atoms with Crippen molar-refractivity contribution in [2.75, 3.05) is 33.1 Å². The molecule has 0 bridgehead atoms. The summed E-state index contributed by atoms with van der Waals surface area (Å²) < 4.78 is 34.2. The fourth-order valence-corrected chi connectivity index (χ4v) is 3.94. The van der Waals surface area contributed by atoms with Gasteiger partial charge in [0.15, 0.2) is 0 Å². The molecule has 0 spiro atoms. The van der Waals surface area contributed by atoms with Gasteiger partial charge in [-0.2, -0.15) is 0 Å². The van der Waals surface area contributed by atoms with Crippen LogP contribution in [0.25, 0.3) is 11.0 Å². The third-order valence-electron chi connectivity index (χ3n) is 2.60. The van der Waals surface area contributed by atoms with Gasteiger partial charge in [0.1, 0.15) is 0 Å². The Morgan fingerprint density at radius 2 is 1.67 bits per heavy atom. The Hall–Kier alpha value is -0.951. The number of rotatable bonds is 3. The molecule has 0 atom stereocenters. The van der Waals surface area contributed by atoms with E-state index >= 15 is 0 Å². The van der Waals surface area contributed by atoms with Crippen LogP contribution < -0.4 is 4.90 Å². The fourth-order valence-electron chi connectivity index (χ4n) is 1.60. The molecule has 0 amide bonds. The zero-order chi connectivity index (χ0) is 13.5. The van der Waals surface area contributed by atoms with Gasteiger partial charge in [-0.05, 0) is 0 Å².